The minimum absolute atomic E-state index is 0.260. The number of hydrogen-bond acceptors (Lipinski definition) is 3. The van der Waals surface area contributed by atoms with Crippen LogP contribution < -0.4 is 4.74 Å². The van der Waals surface area contributed by atoms with E-state index in [2.05, 4.69) is 15.9 Å². The molecule has 0 aromatic heterocycles. The summed E-state index contributed by atoms with van der Waals surface area (Å²) in [5, 5.41) is 20.2. The average molecular weight is 347 g/mol. The molecule has 0 fully saturated rings. The van der Waals surface area contributed by atoms with Gasteiger partial charge in [0.2, 0.25) is 0 Å². The van der Waals surface area contributed by atoms with Crippen LogP contribution in [0.25, 0.3) is 10.8 Å². The molecule has 3 rings (SSSR count). The van der Waals surface area contributed by atoms with E-state index in [-0.39, 0.29) is 5.75 Å². The third kappa shape index (κ3) is 4.13. The normalized spacial score (nSPS) is 9.81. The molecule has 0 atom stereocenters. The Bertz CT molecular complexity index is 724. The van der Waals surface area contributed by atoms with Crippen molar-refractivity contribution >= 4 is 26.7 Å². The largest absolute Gasteiger partial charge is 0.508 e. The second kappa shape index (κ2) is 6.99. The molecule has 4 heteroatoms. The molecule has 0 spiro atoms. The van der Waals surface area contributed by atoms with E-state index in [1.165, 1.54) is 0 Å². The summed E-state index contributed by atoms with van der Waals surface area (Å²) in [4.78, 5) is 0. The van der Waals surface area contributed by atoms with Crippen LogP contribution in [0.2, 0.25) is 0 Å². The van der Waals surface area contributed by atoms with E-state index in [1.807, 2.05) is 30.3 Å². The van der Waals surface area contributed by atoms with Crippen LogP contribution in [0.3, 0.4) is 0 Å². The van der Waals surface area contributed by atoms with E-state index >= 15 is 0 Å². The quantitative estimate of drug-likeness (QED) is 0.670. The predicted molar refractivity (Wildman–Crippen MR) is 88.0 cm³/mol. The number of rotatable bonds is 1. The zero-order valence-electron chi connectivity index (χ0n) is 11.5. The molecule has 0 aliphatic carbocycles. The molecule has 0 amide bonds. The van der Waals surface area contributed by atoms with Crippen LogP contribution in [-0.2, 0) is 0 Å². The number of fused-ring (bicyclic) bond motifs is 1. The zero-order chi connectivity index (χ0) is 15.2. The van der Waals surface area contributed by atoms with E-state index in [1.54, 1.807) is 37.4 Å². The van der Waals surface area contributed by atoms with Crippen LogP contribution >= 0.6 is 15.9 Å². The molecule has 0 radical (unpaired) electrons. The summed E-state index contributed by atoms with van der Waals surface area (Å²) in [6, 6.07) is 17.9. The highest BCUT2D eigenvalue weighted by molar-refractivity contribution is 9.10. The molecule has 0 unspecified atom stereocenters. The Morgan fingerprint density at radius 3 is 2.29 bits per heavy atom. The number of benzene rings is 3. The average Bonchev–Trinajstić information content (AvgIpc) is 2.49. The van der Waals surface area contributed by atoms with Gasteiger partial charge in [-0.1, -0.05) is 28.1 Å². The molecule has 3 aromatic carbocycles. The lowest BCUT2D eigenvalue weighted by atomic mass is 10.1. The number of ether oxygens (including phenoxy) is 1. The lowest BCUT2D eigenvalue weighted by Crippen LogP contribution is -1.79. The number of phenols is 2. The van der Waals surface area contributed by atoms with Crippen molar-refractivity contribution in [3.63, 3.8) is 0 Å². The van der Waals surface area contributed by atoms with Gasteiger partial charge in [-0.2, -0.15) is 0 Å². The van der Waals surface area contributed by atoms with Crippen molar-refractivity contribution in [3.8, 4) is 17.2 Å². The smallest absolute Gasteiger partial charge is 0.123 e. The van der Waals surface area contributed by atoms with Gasteiger partial charge < -0.3 is 14.9 Å². The van der Waals surface area contributed by atoms with Gasteiger partial charge >= 0.3 is 0 Å². The Kier molecular flexibility index (Phi) is 5.06. The van der Waals surface area contributed by atoms with Crippen molar-refractivity contribution in [3.05, 3.63) is 65.1 Å². The molecular formula is C17H15BrO3. The van der Waals surface area contributed by atoms with Crippen molar-refractivity contribution in [1.29, 1.82) is 0 Å². The lowest BCUT2D eigenvalue weighted by molar-refractivity contribution is 0.412. The van der Waals surface area contributed by atoms with E-state index in [4.69, 9.17) is 9.84 Å². The molecule has 0 saturated carbocycles. The third-order valence-electron chi connectivity index (χ3n) is 2.89. The lowest BCUT2D eigenvalue weighted by Gasteiger charge is -1.99. The maximum Gasteiger partial charge on any atom is 0.123 e. The fourth-order valence-corrected chi connectivity index (χ4v) is 2.20. The summed E-state index contributed by atoms with van der Waals surface area (Å²) < 4.78 is 5.89. The molecule has 2 N–H and O–H groups in total. The molecule has 0 aliphatic rings. The first-order valence-electron chi connectivity index (χ1n) is 6.30. The number of halogens is 1. The van der Waals surface area contributed by atoms with Gasteiger partial charge in [-0.15, -0.1) is 0 Å². The highest BCUT2D eigenvalue weighted by Crippen LogP contribution is 2.26. The van der Waals surface area contributed by atoms with Crippen LogP contribution in [0.1, 0.15) is 0 Å². The summed E-state index contributed by atoms with van der Waals surface area (Å²) in [5.41, 5.74) is 0. The van der Waals surface area contributed by atoms with Gasteiger partial charge in [-0.3, -0.25) is 0 Å². The molecule has 0 bridgehead atoms. The van der Waals surface area contributed by atoms with Gasteiger partial charge in [-0.05, 0) is 53.9 Å². The van der Waals surface area contributed by atoms with Crippen LogP contribution in [0.15, 0.2) is 65.1 Å². The summed E-state index contributed by atoms with van der Waals surface area (Å²) in [5.74, 6) is 1.35. The van der Waals surface area contributed by atoms with Crippen LogP contribution in [0.4, 0.5) is 0 Å². The number of aromatic hydroxyl groups is 2. The van der Waals surface area contributed by atoms with Gasteiger partial charge in [0.1, 0.15) is 17.2 Å². The van der Waals surface area contributed by atoms with Crippen LogP contribution in [0.5, 0.6) is 17.2 Å². The number of methoxy groups -OCH3 is 1. The van der Waals surface area contributed by atoms with Gasteiger partial charge in [0.25, 0.3) is 0 Å². The Morgan fingerprint density at radius 2 is 1.62 bits per heavy atom. The Morgan fingerprint density at radius 1 is 0.905 bits per heavy atom. The fourth-order valence-electron chi connectivity index (χ4n) is 1.82. The first-order chi connectivity index (χ1) is 10.1. The van der Waals surface area contributed by atoms with Gasteiger partial charge in [0.15, 0.2) is 0 Å². The second-order valence-corrected chi connectivity index (χ2v) is 5.26. The zero-order valence-corrected chi connectivity index (χ0v) is 13.0. The van der Waals surface area contributed by atoms with E-state index < -0.39 is 0 Å². The van der Waals surface area contributed by atoms with E-state index in [9.17, 15) is 5.11 Å². The van der Waals surface area contributed by atoms with Crippen molar-refractivity contribution < 1.29 is 14.9 Å². The topological polar surface area (TPSA) is 49.7 Å². The van der Waals surface area contributed by atoms with Gasteiger partial charge in [0, 0.05) is 9.86 Å². The minimum atomic E-state index is 0.260. The maximum absolute atomic E-state index is 9.45. The fraction of sp³-hybridized carbons (Fsp3) is 0.0588. The van der Waals surface area contributed by atoms with Crippen LogP contribution in [0, 0.1) is 0 Å². The number of hydrogen-bond donors (Lipinski definition) is 2. The van der Waals surface area contributed by atoms with Crippen molar-refractivity contribution in [2.45, 2.75) is 0 Å². The molecule has 3 nitrogen and oxygen atoms in total. The van der Waals surface area contributed by atoms with Crippen molar-refractivity contribution in [2.75, 3.05) is 7.11 Å². The highest BCUT2D eigenvalue weighted by Gasteiger charge is 1.97. The molecular weight excluding hydrogens is 332 g/mol. The van der Waals surface area contributed by atoms with Crippen molar-refractivity contribution in [2.24, 2.45) is 0 Å². The van der Waals surface area contributed by atoms with Crippen molar-refractivity contribution in [1.82, 2.24) is 0 Å². The standard InChI is InChI=1S/C10H7BrO.C7H8O2/c11-8-4-5-9-7(6-8)2-1-3-10(9)12;1-9-7-4-2-6(8)3-5-7/h1-6,12H;2-5,8H,1H3. The number of phenolic OH excluding ortho intramolecular Hbond substituents is 2. The molecule has 0 saturated heterocycles. The SMILES string of the molecule is COc1ccc(O)cc1.Oc1cccc2cc(Br)ccc12. The Labute approximate surface area is 131 Å². The molecule has 0 aliphatic heterocycles. The molecule has 21 heavy (non-hydrogen) atoms. The third-order valence-corrected chi connectivity index (χ3v) is 3.39. The van der Waals surface area contributed by atoms with E-state index in [0.29, 0.717) is 5.75 Å². The molecule has 108 valence electrons. The Balaban J connectivity index is 0.000000161. The second-order valence-electron chi connectivity index (χ2n) is 4.34. The summed E-state index contributed by atoms with van der Waals surface area (Å²) in [7, 11) is 1.59. The first-order valence-corrected chi connectivity index (χ1v) is 7.09. The van der Waals surface area contributed by atoms with Crippen LogP contribution in [-0.4, -0.2) is 17.3 Å². The predicted octanol–water partition coefficient (Wildman–Crippen LogP) is 4.71. The first kappa shape index (κ1) is 15.2. The maximum atomic E-state index is 9.45. The minimum Gasteiger partial charge on any atom is -0.508 e. The summed E-state index contributed by atoms with van der Waals surface area (Å²) in [6.07, 6.45) is 0. The summed E-state index contributed by atoms with van der Waals surface area (Å²) >= 11 is 3.38. The monoisotopic (exact) mass is 346 g/mol. The van der Waals surface area contributed by atoms with Gasteiger partial charge in [-0.25, -0.2) is 0 Å². The van der Waals surface area contributed by atoms with E-state index in [0.717, 1.165) is 21.0 Å². The Hall–Kier alpha value is -2.20. The highest BCUT2D eigenvalue weighted by atomic mass is 79.9. The molecule has 3 aromatic rings. The summed E-state index contributed by atoms with van der Waals surface area (Å²) in [6.45, 7) is 0. The van der Waals surface area contributed by atoms with Gasteiger partial charge in [0.05, 0.1) is 7.11 Å². The molecule has 0 heterocycles.